The summed E-state index contributed by atoms with van der Waals surface area (Å²) in [5.41, 5.74) is 0.985. The molecule has 0 radical (unpaired) electrons. The standard InChI is InChI=1S/C16H25N3O3S.HI/c1-4-11-22-15-9-7-6-8-14(15)13-19-16(17-3)18-10-12-23(20,21)5-2;/h4,6-9H,1,5,10-13H2,2-3H3,(H2,17,18,19);1H. The van der Waals surface area contributed by atoms with Crippen molar-refractivity contribution in [3.63, 3.8) is 0 Å². The third-order valence-corrected chi connectivity index (χ3v) is 4.85. The first-order valence-corrected chi connectivity index (χ1v) is 9.31. The minimum atomic E-state index is -2.98. The Balaban J connectivity index is 0.00000529. The molecule has 0 unspecified atom stereocenters. The molecular weight excluding hydrogens is 441 g/mol. The van der Waals surface area contributed by atoms with Gasteiger partial charge in [-0.2, -0.15) is 0 Å². The van der Waals surface area contributed by atoms with E-state index in [4.69, 9.17) is 4.74 Å². The maximum Gasteiger partial charge on any atom is 0.191 e. The van der Waals surface area contributed by atoms with E-state index in [-0.39, 0.29) is 35.5 Å². The Morgan fingerprint density at radius 2 is 2.04 bits per heavy atom. The third-order valence-electron chi connectivity index (χ3n) is 3.14. The molecule has 136 valence electrons. The molecule has 0 atom stereocenters. The molecule has 0 bridgehead atoms. The van der Waals surface area contributed by atoms with Gasteiger partial charge in [-0.15, -0.1) is 24.0 Å². The monoisotopic (exact) mass is 467 g/mol. The van der Waals surface area contributed by atoms with Gasteiger partial charge >= 0.3 is 0 Å². The van der Waals surface area contributed by atoms with Crippen LogP contribution in [-0.4, -0.2) is 46.1 Å². The van der Waals surface area contributed by atoms with Crippen molar-refractivity contribution < 1.29 is 13.2 Å². The number of nitrogens with zero attached hydrogens (tertiary/aromatic N) is 1. The second-order valence-electron chi connectivity index (χ2n) is 4.80. The molecule has 1 aromatic carbocycles. The number of nitrogens with one attached hydrogen (secondary N) is 2. The van der Waals surface area contributed by atoms with Crippen LogP contribution in [0.1, 0.15) is 12.5 Å². The van der Waals surface area contributed by atoms with Crippen LogP contribution in [0.25, 0.3) is 0 Å². The molecule has 0 saturated heterocycles. The van der Waals surface area contributed by atoms with Crippen LogP contribution in [0.5, 0.6) is 5.75 Å². The first kappa shape index (κ1) is 22.7. The summed E-state index contributed by atoms with van der Waals surface area (Å²) in [5, 5.41) is 6.14. The fourth-order valence-electron chi connectivity index (χ4n) is 1.81. The van der Waals surface area contributed by atoms with E-state index >= 15 is 0 Å². The van der Waals surface area contributed by atoms with Crippen LogP contribution in [-0.2, 0) is 16.4 Å². The highest BCUT2D eigenvalue weighted by atomic mass is 127. The van der Waals surface area contributed by atoms with Crippen LogP contribution >= 0.6 is 24.0 Å². The third kappa shape index (κ3) is 8.53. The summed E-state index contributed by atoms with van der Waals surface area (Å²) in [6, 6.07) is 7.69. The van der Waals surface area contributed by atoms with Gasteiger partial charge in [0.15, 0.2) is 15.8 Å². The average molecular weight is 467 g/mol. The van der Waals surface area contributed by atoms with Crippen LogP contribution in [0.4, 0.5) is 0 Å². The summed E-state index contributed by atoms with van der Waals surface area (Å²) in [6.45, 7) is 6.56. The molecule has 0 amide bonds. The van der Waals surface area contributed by atoms with Gasteiger partial charge < -0.3 is 15.4 Å². The molecule has 0 aromatic heterocycles. The van der Waals surface area contributed by atoms with Crippen LogP contribution in [0.3, 0.4) is 0 Å². The first-order chi connectivity index (χ1) is 11.0. The van der Waals surface area contributed by atoms with Gasteiger partial charge in [-0.1, -0.05) is 37.8 Å². The Morgan fingerprint density at radius 1 is 1.33 bits per heavy atom. The van der Waals surface area contributed by atoms with Gasteiger partial charge in [-0.25, -0.2) is 8.42 Å². The van der Waals surface area contributed by atoms with Crippen molar-refractivity contribution in [1.82, 2.24) is 10.6 Å². The van der Waals surface area contributed by atoms with Crippen molar-refractivity contribution in [1.29, 1.82) is 0 Å². The molecule has 0 aliphatic carbocycles. The smallest absolute Gasteiger partial charge is 0.191 e. The number of aliphatic imine (C=N–C) groups is 1. The number of benzene rings is 1. The average Bonchev–Trinajstić information content (AvgIpc) is 2.56. The fraction of sp³-hybridized carbons (Fsp3) is 0.438. The zero-order valence-corrected chi connectivity index (χ0v) is 17.3. The zero-order valence-electron chi connectivity index (χ0n) is 14.1. The number of hydrogen-bond acceptors (Lipinski definition) is 4. The lowest BCUT2D eigenvalue weighted by atomic mass is 10.2. The Bertz CT molecular complexity index is 633. The molecule has 24 heavy (non-hydrogen) atoms. The van der Waals surface area contributed by atoms with Crippen molar-refractivity contribution >= 4 is 39.8 Å². The minimum absolute atomic E-state index is 0. The van der Waals surface area contributed by atoms with E-state index in [0.717, 1.165) is 11.3 Å². The summed E-state index contributed by atoms with van der Waals surface area (Å²) in [6.07, 6.45) is 1.69. The van der Waals surface area contributed by atoms with Crippen molar-refractivity contribution in [3.05, 3.63) is 42.5 Å². The number of para-hydroxylation sites is 1. The van der Waals surface area contributed by atoms with E-state index in [1.54, 1.807) is 20.0 Å². The molecular formula is C16H26IN3O3S. The van der Waals surface area contributed by atoms with Gasteiger partial charge in [0.25, 0.3) is 0 Å². The molecule has 0 aliphatic rings. The van der Waals surface area contributed by atoms with Crippen molar-refractivity contribution in [2.45, 2.75) is 13.5 Å². The molecule has 8 heteroatoms. The van der Waals surface area contributed by atoms with E-state index in [0.29, 0.717) is 25.7 Å². The summed E-state index contributed by atoms with van der Waals surface area (Å²) < 4.78 is 28.5. The van der Waals surface area contributed by atoms with E-state index in [1.165, 1.54) is 0 Å². The van der Waals surface area contributed by atoms with Gasteiger partial charge in [0.05, 0.1) is 5.75 Å². The molecule has 1 rings (SSSR count). The highest BCUT2D eigenvalue weighted by molar-refractivity contribution is 14.0. The normalized spacial score (nSPS) is 11.3. The number of ether oxygens (including phenoxy) is 1. The van der Waals surface area contributed by atoms with Gasteiger partial charge in [0.1, 0.15) is 12.4 Å². The van der Waals surface area contributed by atoms with E-state index in [1.807, 2.05) is 24.3 Å². The number of rotatable bonds is 9. The summed E-state index contributed by atoms with van der Waals surface area (Å²) in [5.74, 6) is 1.57. The SMILES string of the molecule is C=CCOc1ccccc1CNC(=NC)NCCS(=O)(=O)CC.I. The van der Waals surface area contributed by atoms with Gasteiger partial charge in [0.2, 0.25) is 0 Å². The molecule has 1 aromatic rings. The minimum Gasteiger partial charge on any atom is -0.489 e. The molecule has 0 spiro atoms. The van der Waals surface area contributed by atoms with Crippen LogP contribution in [0, 0.1) is 0 Å². The van der Waals surface area contributed by atoms with Gasteiger partial charge in [-0.3, -0.25) is 4.99 Å². The van der Waals surface area contributed by atoms with Gasteiger partial charge in [0, 0.05) is 31.5 Å². The summed E-state index contributed by atoms with van der Waals surface area (Å²) in [4.78, 5) is 4.08. The first-order valence-electron chi connectivity index (χ1n) is 7.49. The number of halogens is 1. The van der Waals surface area contributed by atoms with E-state index in [9.17, 15) is 8.42 Å². The van der Waals surface area contributed by atoms with E-state index in [2.05, 4.69) is 22.2 Å². The number of guanidine groups is 1. The molecule has 6 nitrogen and oxygen atoms in total. The largest absolute Gasteiger partial charge is 0.489 e. The maximum absolute atomic E-state index is 11.5. The van der Waals surface area contributed by atoms with Crippen molar-refractivity contribution in [2.75, 3.05) is 31.7 Å². The lowest BCUT2D eigenvalue weighted by molar-refractivity contribution is 0.358. The summed E-state index contributed by atoms with van der Waals surface area (Å²) >= 11 is 0. The number of sulfone groups is 1. The maximum atomic E-state index is 11.5. The second-order valence-corrected chi connectivity index (χ2v) is 7.27. The lowest BCUT2D eigenvalue weighted by Gasteiger charge is -2.14. The van der Waals surface area contributed by atoms with Crippen molar-refractivity contribution in [2.24, 2.45) is 4.99 Å². The van der Waals surface area contributed by atoms with Crippen LogP contribution in [0.2, 0.25) is 0 Å². The Morgan fingerprint density at radius 3 is 2.67 bits per heavy atom. The lowest BCUT2D eigenvalue weighted by Crippen LogP contribution is -2.39. The highest BCUT2D eigenvalue weighted by Gasteiger charge is 2.08. The molecule has 2 N–H and O–H groups in total. The Hall–Kier alpha value is -1.29. The predicted molar refractivity (Wildman–Crippen MR) is 110 cm³/mol. The Kier molecular flexibility index (Phi) is 11.5. The molecule has 0 heterocycles. The quantitative estimate of drug-likeness (QED) is 0.251. The topological polar surface area (TPSA) is 79.8 Å². The zero-order chi connectivity index (χ0) is 17.1. The number of hydrogen-bond donors (Lipinski definition) is 2. The van der Waals surface area contributed by atoms with E-state index < -0.39 is 9.84 Å². The highest BCUT2D eigenvalue weighted by Crippen LogP contribution is 2.17. The molecule has 0 fully saturated rings. The Labute approximate surface area is 161 Å². The van der Waals surface area contributed by atoms with Crippen LogP contribution in [0.15, 0.2) is 41.9 Å². The van der Waals surface area contributed by atoms with Crippen molar-refractivity contribution in [3.8, 4) is 5.75 Å². The fourth-order valence-corrected chi connectivity index (χ4v) is 2.51. The molecule has 0 saturated carbocycles. The molecule has 0 aliphatic heterocycles. The summed E-state index contributed by atoms with van der Waals surface area (Å²) in [7, 11) is -1.34. The predicted octanol–water partition coefficient (Wildman–Crippen LogP) is 1.97. The van der Waals surface area contributed by atoms with Crippen LogP contribution < -0.4 is 15.4 Å². The second kappa shape index (κ2) is 12.1. The van der Waals surface area contributed by atoms with Gasteiger partial charge in [-0.05, 0) is 6.07 Å².